The Balaban J connectivity index is 1.06. The molecule has 0 saturated heterocycles. The van der Waals surface area contributed by atoms with Crippen LogP contribution in [0.4, 0.5) is 0 Å². The molecule has 0 bridgehead atoms. The van der Waals surface area contributed by atoms with Gasteiger partial charge in [-0.3, -0.25) is 0 Å². The Kier molecular flexibility index (Phi) is 8.46. The Morgan fingerprint density at radius 3 is 0.682 bits per heavy atom. The van der Waals surface area contributed by atoms with E-state index < -0.39 is 0 Å². The van der Waals surface area contributed by atoms with Gasteiger partial charge in [-0.2, -0.15) is 0 Å². The minimum absolute atomic E-state index is 0.624. The molecule has 6 nitrogen and oxygen atoms in total. The standard InChI is InChI=1S/C60H42N6/c1-37-40(25-16-34-49(37)64-52-28-10-4-19-43(52)44-20-5-11-29-53(44)64)58-61-59(41-26-17-35-50(38(41)2)65-54-30-12-6-21-45(54)46-22-7-13-31-55(46)65)63-60(62-58)42-27-18-36-51(39(42)3)66-56-32-14-8-23-47(56)48-24-9-15-33-57(48)66/h4-36H,1-3H3. The van der Waals surface area contributed by atoms with Gasteiger partial charge < -0.3 is 13.7 Å². The van der Waals surface area contributed by atoms with Crippen molar-refractivity contribution >= 4 is 65.4 Å². The van der Waals surface area contributed by atoms with Crippen molar-refractivity contribution in [2.45, 2.75) is 20.8 Å². The minimum atomic E-state index is 0.624. The molecule has 0 aliphatic rings. The zero-order chi connectivity index (χ0) is 44.0. The molecule has 66 heavy (non-hydrogen) atoms. The van der Waals surface area contributed by atoms with E-state index in [1.165, 1.54) is 32.3 Å². The number of para-hydroxylation sites is 6. The van der Waals surface area contributed by atoms with Crippen molar-refractivity contribution in [3.63, 3.8) is 0 Å². The van der Waals surface area contributed by atoms with E-state index in [4.69, 9.17) is 15.0 Å². The Morgan fingerprint density at radius 1 is 0.242 bits per heavy atom. The molecule has 0 spiro atoms. The molecule has 0 unspecified atom stereocenters. The lowest BCUT2D eigenvalue weighted by atomic mass is 10.0. The summed E-state index contributed by atoms with van der Waals surface area (Å²) < 4.78 is 7.14. The lowest BCUT2D eigenvalue weighted by Gasteiger charge is -2.18. The fourth-order valence-corrected chi connectivity index (χ4v) is 10.6. The first-order valence-corrected chi connectivity index (χ1v) is 22.6. The van der Waals surface area contributed by atoms with Gasteiger partial charge >= 0.3 is 0 Å². The topological polar surface area (TPSA) is 53.5 Å². The van der Waals surface area contributed by atoms with Crippen molar-refractivity contribution in [2.24, 2.45) is 0 Å². The molecule has 0 fully saturated rings. The maximum atomic E-state index is 5.45. The lowest BCUT2D eigenvalue weighted by Crippen LogP contribution is -2.06. The summed E-state index contributed by atoms with van der Waals surface area (Å²) in [6.45, 7) is 6.58. The van der Waals surface area contributed by atoms with E-state index in [2.05, 4.69) is 235 Å². The van der Waals surface area contributed by atoms with E-state index in [0.717, 1.165) is 83.5 Å². The van der Waals surface area contributed by atoms with Crippen LogP contribution < -0.4 is 0 Å². The van der Waals surface area contributed by atoms with E-state index in [-0.39, 0.29) is 0 Å². The quantitative estimate of drug-likeness (QED) is 0.167. The number of benzene rings is 9. The molecule has 0 aliphatic carbocycles. The van der Waals surface area contributed by atoms with E-state index in [1.54, 1.807) is 0 Å². The Labute approximate surface area is 381 Å². The van der Waals surface area contributed by atoms with Gasteiger partial charge in [-0.15, -0.1) is 0 Å². The van der Waals surface area contributed by atoms with Crippen LogP contribution in [0.25, 0.3) is 117 Å². The van der Waals surface area contributed by atoms with Crippen molar-refractivity contribution < 1.29 is 0 Å². The van der Waals surface area contributed by atoms with Crippen LogP contribution in [0.2, 0.25) is 0 Å². The summed E-state index contributed by atoms with van der Waals surface area (Å²) in [4.78, 5) is 16.4. The number of fused-ring (bicyclic) bond motifs is 9. The molecule has 13 aromatic rings. The van der Waals surface area contributed by atoms with Crippen LogP contribution in [0.3, 0.4) is 0 Å². The minimum Gasteiger partial charge on any atom is -0.309 e. The van der Waals surface area contributed by atoms with Crippen LogP contribution >= 0.6 is 0 Å². The van der Waals surface area contributed by atoms with Gasteiger partial charge in [0.25, 0.3) is 0 Å². The second-order valence-corrected chi connectivity index (χ2v) is 17.3. The molecule has 4 heterocycles. The average molecular weight is 847 g/mol. The SMILES string of the molecule is Cc1c(-c2nc(-c3cccc(-n4c5ccccc5c5ccccc54)c3C)nc(-c3cccc(-n4c5ccccc5c5ccccc54)c3C)n2)cccc1-n1c2ccccc2c2ccccc21. The first-order valence-electron chi connectivity index (χ1n) is 22.6. The maximum absolute atomic E-state index is 5.45. The summed E-state index contributed by atoms with van der Waals surface area (Å²) in [7, 11) is 0. The van der Waals surface area contributed by atoms with Gasteiger partial charge in [0.2, 0.25) is 0 Å². The second kappa shape index (κ2) is 14.7. The monoisotopic (exact) mass is 846 g/mol. The van der Waals surface area contributed by atoms with E-state index in [1.807, 2.05) is 0 Å². The van der Waals surface area contributed by atoms with Crippen LogP contribution in [0.1, 0.15) is 16.7 Å². The molecule has 4 aromatic heterocycles. The largest absolute Gasteiger partial charge is 0.309 e. The molecular weight excluding hydrogens is 805 g/mol. The maximum Gasteiger partial charge on any atom is 0.164 e. The van der Waals surface area contributed by atoms with Crippen LogP contribution in [0, 0.1) is 20.8 Å². The van der Waals surface area contributed by atoms with Crippen LogP contribution in [0.15, 0.2) is 200 Å². The molecule has 0 atom stereocenters. The van der Waals surface area contributed by atoms with Crippen LogP contribution in [0.5, 0.6) is 0 Å². The molecule has 0 N–H and O–H groups in total. The summed E-state index contributed by atoms with van der Waals surface area (Å²) in [5.41, 5.74) is 16.3. The zero-order valence-electron chi connectivity index (χ0n) is 36.7. The summed E-state index contributed by atoms with van der Waals surface area (Å²) in [5, 5.41) is 7.33. The van der Waals surface area contributed by atoms with E-state index >= 15 is 0 Å². The van der Waals surface area contributed by atoms with Gasteiger partial charge in [-0.1, -0.05) is 146 Å². The number of hydrogen-bond acceptors (Lipinski definition) is 3. The smallest absolute Gasteiger partial charge is 0.164 e. The first-order chi connectivity index (χ1) is 32.5. The Morgan fingerprint density at radius 2 is 0.455 bits per heavy atom. The van der Waals surface area contributed by atoms with E-state index in [0.29, 0.717) is 17.5 Å². The lowest BCUT2D eigenvalue weighted by molar-refractivity contribution is 1.05. The summed E-state index contributed by atoms with van der Waals surface area (Å²) in [6, 6.07) is 71.4. The first kappa shape index (κ1) is 37.9. The van der Waals surface area contributed by atoms with Crippen molar-refractivity contribution in [1.82, 2.24) is 28.7 Å². The van der Waals surface area contributed by atoms with Crippen molar-refractivity contribution in [1.29, 1.82) is 0 Å². The highest BCUT2D eigenvalue weighted by molar-refractivity contribution is 6.11. The van der Waals surface area contributed by atoms with Gasteiger partial charge in [-0.05, 0) is 92.1 Å². The molecule has 9 aromatic carbocycles. The summed E-state index contributed by atoms with van der Waals surface area (Å²) in [5.74, 6) is 1.87. The average Bonchev–Trinajstić information content (AvgIpc) is 4.00. The van der Waals surface area contributed by atoms with Gasteiger partial charge in [0.15, 0.2) is 17.5 Å². The fraction of sp³-hybridized carbons (Fsp3) is 0.0500. The summed E-state index contributed by atoms with van der Waals surface area (Å²) >= 11 is 0. The fourth-order valence-electron chi connectivity index (χ4n) is 10.6. The predicted molar refractivity (Wildman–Crippen MR) is 273 cm³/mol. The number of aromatic nitrogens is 6. The Hall–Kier alpha value is -8.61. The summed E-state index contributed by atoms with van der Waals surface area (Å²) in [6.07, 6.45) is 0. The highest BCUT2D eigenvalue weighted by Gasteiger charge is 2.23. The van der Waals surface area contributed by atoms with E-state index in [9.17, 15) is 0 Å². The normalized spacial score (nSPS) is 11.9. The van der Waals surface area contributed by atoms with Crippen molar-refractivity contribution in [2.75, 3.05) is 0 Å². The molecule has 0 radical (unpaired) electrons. The third-order valence-electron chi connectivity index (χ3n) is 13.7. The highest BCUT2D eigenvalue weighted by atomic mass is 15.1. The number of hydrogen-bond donors (Lipinski definition) is 0. The molecule has 6 heteroatoms. The molecule has 312 valence electrons. The third kappa shape index (κ3) is 5.58. The van der Waals surface area contributed by atoms with Crippen molar-refractivity contribution in [3.05, 3.63) is 217 Å². The van der Waals surface area contributed by atoms with Crippen LogP contribution in [-0.2, 0) is 0 Å². The van der Waals surface area contributed by atoms with Gasteiger partial charge in [0, 0.05) is 66.1 Å². The number of rotatable bonds is 6. The van der Waals surface area contributed by atoms with Crippen LogP contribution in [-0.4, -0.2) is 28.7 Å². The molecule has 13 rings (SSSR count). The molecule has 0 saturated carbocycles. The highest BCUT2D eigenvalue weighted by Crippen LogP contribution is 2.40. The number of nitrogens with zero attached hydrogens (tertiary/aromatic N) is 6. The zero-order valence-corrected chi connectivity index (χ0v) is 36.7. The third-order valence-corrected chi connectivity index (χ3v) is 13.7. The van der Waals surface area contributed by atoms with Gasteiger partial charge in [-0.25, -0.2) is 15.0 Å². The van der Waals surface area contributed by atoms with Gasteiger partial charge in [0.05, 0.1) is 33.1 Å². The molecular formula is C60H42N6. The van der Waals surface area contributed by atoms with Crippen molar-refractivity contribution in [3.8, 4) is 51.2 Å². The molecule has 0 amide bonds. The molecule has 0 aliphatic heterocycles. The second-order valence-electron chi connectivity index (χ2n) is 17.3. The Bertz CT molecular complexity index is 3510. The predicted octanol–water partition coefficient (Wildman–Crippen LogP) is 15.1. The van der Waals surface area contributed by atoms with Gasteiger partial charge in [0.1, 0.15) is 0 Å².